The standard InChI is InChI=1S/C21H20N2O5.C15H22N3O5.C6H12N.C2H6.CH4O.H2N.Pt.Y/c1-4-14-15-8-13(28-26)5-6-18(15)22-20-16(14)9-23-19(20)7-11(2)17(21(23)25)10-27-12(3)24;19-11-15(14(22)23)3-7-17(8-4-15)12(20)1-2-13(21)18-9-5-16-6-10-18;7-6-4-2-1-3-5-6;2*1-2;;;/h5-8,24,26H,3-4,9-10H2,1-2H3;11H,1-10H2,(H,22,23);6-7H,1-5H2;1-2H3;2H,1H3;1H2;;/q;2*-1;;;-1;+2;. The number of aliphatic hydroxyl groups is 2. The first-order valence-corrected chi connectivity index (χ1v) is 21.4. The molecule has 65 heavy (non-hydrogen) atoms. The van der Waals surface area contributed by atoms with Crippen LogP contribution in [0.3, 0.4) is 0 Å². The van der Waals surface area contributed by atoms with Gasteiger partial charge in [0.05, 0.1) is 29.0 Å². The zero-order chi connectivity index (χ0) is 46.0. The third kappa shape index (κ3) is 16.3. The van der Waals surface area contributed by atoms with Crippen molar-refractivity contribution in [3.05, 3.63) is 86.6 Å². The van der Waals surface area contributed by atoms with E-state index in [9.17, 15) is 29.1 Å². The third-order valence-electron chi connectivity index (χ3n) is 11.4. The zero-order valence-electron chi connectivity index (χ0n) is 38.3. The molecule has 3 aliphatic heterocycles. The first kappa shape index (κ1) is 61.4. The number of ether oxygens (including phenoxy) is 1. The van der Waals surface area contributed by atoms with Crippen LogP contribution in [0.1, 0.15) is 101 Å². The Bertz CT molecular complexity index is 2070. The molecular formula is C45H66N7O11PtY-. The summed E-state index contributed by atoms with van der Waals surface area (Å²) >= 11 is 0. The number of nitrogens with zero attached hydrogens (tertiary/aromatic N) is 5. The average Bonchev–Trinajstić information content (AvgIpc) is 3.66. The van der Waals surface area contributed by atoms with Crippen molar-refractivity contribution in [1.29, 1.82) is 0 Å². The monoisotopic (exact) mass is 1160 g/mol. The quantitative estimate of drug-likeness (QED) is 0.0401. The van der Waals surface area contributed by atoms with Crippen LogP contribution in [-0.2, 0) is 97.3 Å². The Kier molecular flexibility index (Phi) is 28.9. The maximum atomic E-state index is 13.0. The average molecular weight is 1170 g/mol. The van der Waals surface area contributed by atoms with Crippen molar-refractivity contribution >= 4 is 35.0 Å². The van der Waals surface area contributed by atoms with Gasteiger partial charge in [0, 0.05) is 89.8 Å². The summed E-state index contributed by atoms with van der Waals surface area (Å²) in [6, 6.07) is 7.41. The number of aldehydes is 1. The van der Waals surface area contributed by atoms with Gasteiger partial charge in [-0.25, -0.2) is 10.2 Å². The van der Waals surface area contributed by atoms with Gasteiger partial charge in [-0.05, 0) is 68.2 Å². The van der Waals surface area contributed by atoms with E-state index in [1.165, 1.54) is 19.3 Å². The number of nitrogens with one attached hydrogen (secondary N) is 1. The second-order valence-electron chi connectivity index (χ2n) is 15.2. The number of hydrogen-bond donors (Lipinski definition) is 4. The SMILES string of the molecule is C=C(O)OCc1c(C)cc2n(c1=O)Cc1c-2nc2ccc(OO)cc2c1CC.CC.CO.O=CC1(C(=O)O)CCN(C(=O)CCC(=O)N2CC[N-]CC2)CC1.[NH-]C1CCCCC1.[NH2-].[Pt+2].[Y]. The number of piperidine rings is 1. The molecule has 4 aliphatic rings. The van der Waals surface area contributed by atoms with Gasteiger partial charge in [-0.3, -0.25) is 19.2 Å². The summed E-state index contributed by atoms with van der Waals surface area (Å²) in [6.07, 6.45) is 8.02. The summed E-state index contributed by atoms with van der Waals surface area (Å²) in [5.41, 5.74) is 11.4. The third-order valence-corrected chi connectivity index (χ3v) is 11.4. The van der Waals surface area contributed by atoms with E-state index in [2.05, 4.69) is 16.8 Å². The van der Waals surface area contributed by atoms with Crippen LogP contribution in [0, 0.1) is 12.3 Å². The number of carboxylic acids is 1. The smallest absolute Gasteiger partial charge is 0.693 e. The molecule has 361 valence electrons. The normalized spacial score (nSPS) is 15.4. The molecule has 20 heteroatoms. The van der Waals surface area contributed by atoms with Gasteiger partial charge < -0.3 is 61.3 Å². The van der Waals surface area contributed by atoms with E-state index >= 15 is 0 Å². The van der Waals surface area contributed by atoms with Crippen molar-refractivity contribution < 1.29 is 103 Å². The van der Waals surface area contributed by atoms with Gasteiger partial charge in [-0.2, -0.15) is 0 Å². The van der Waals surface area contributed by atoms with Gasteiger partial charge in [0.1, 0.15) is 18.3 Å². The van der Waals surface area contributed by atoms with E-state index < -0.39 is 17.3 Å². The summed E-state index contributed by atoms with van der Waals surface area (Å²) in [6.45, 7) is 14.5. The van der Waals surface area contributed by atoms with Crippen LogP contribution >= 0.6 is 0 Å². The maximum absolute atomic E-state index is 13.0. The van der Waals surface area contributed by atoms with Crippen molar-refractivity contribution in [3.8, 4) is 17.1 Å². The van der Waals surface area contributed by atoms with Crippen molar-refractivity contribution in [2.24, 2.45) is 5.41 Å². The second kappa shape index (κ2) is 30.6. The van der Waals surface area contributed by atoms with Gasteiger partial charge in [0.15, 0.2) is 5.75 Å². The number of rotatable bonds is 10. The Hall–Kier alpha value is -3.61. The molecule has 1 aromatic carbocycles. The van der Waals surface area contributed by atoms with Crippen LogP contribution in [0.4, 0.5) is 0 Å². The van der Waals surface area contributed by atoms with Crippen LogP contribution in [0.2, 0.25) is 0 Å². The fraction of sp³-hybridized carbons (Fsp3) is 0.556. The van der Waals surface area contributed by atoms with Crippen LogP contribution in [-0.4, -0.2) is 116 Å². The molecule has 5 heterocycles. The van der Waals surface area contributed by atoms with Crippen LogP contribution < -0.4 is 10.4 Å². The Morgan fingerprint density at radius 1 is 0.969 bits per heavy atom. The molecule has 0 unspecified atom stereocenters. The molecule has 7 N–H and O–H groups in total. The number of aryl methyl sites for hydroxylation is 2. The molecule has 7 rings (SSSR count). The number of likely N-dealkylation sites (tertiary alicyclic amines) is 1. The molecule has 2 amide bonds. The maximum Gasteiger partial charge on any atom is 2.00 e. The second-order valence-corrected chi connectivity index (χ2v) is 15.2. The van der Waals surface area contributed by atoms with E-state index in [0.29, 0.717) is 50.3 Å². The number of benzene rings is 1. The van der Waals surface area contributed by atoms with Crippen molar-refractivity contribution in [1.82, 2.24) is 19.4 Å². The van der Waals surface area contributed by atoms with Crippen molar-refractivity contribution in [2.45, 2.75) is 111 Å². The number of aromatic nitrogens is 2. The summed E-state index contributed by atoms with van der Waals surface area (Å²) in [7, 11) is 1.00. The Morgan fingerprint density at radius 2 is 1.54 bits per heavy atom. The van der Waals surface area contributed by atoms with E-state index in [4.69, 9.17) is 30.9 Å². The molecule has 1 aliphatic carbocycles. The number of carboxylic acid groups (broad SMARTS) is 1. The molecule has 1 radical (unpaired) electrons. The summed E-state index contributed by atoms with van der Waals surface area (Å²) < 4.78 is 6.74. The Labute approximate surface area is 421 Å². The number of carbonyl (C=O) groups is 4. The molecular weight excluding hydrogens is 1100 g/mol. The number of piperazine rings is 1. The first-order valence-electron chi connectivity index (χ1n) is 21.4. The number of aliphatic carboxylic acids is 1. The minimum absolute atomic E-state index is 0. The molecule has 0 atom stereocenters. The fourth-order valence-corrected chi connectivity index (χ4v) is 7.87. The van der Waals surface area contributed by atoms with Crippen LogP contribution in [0.25, 0.3) is 39.5 Å². The van der Waals surface area contributed by atoms with E-state index in [-0.39, 0.29) is 129 Å². The zero-order valence-corrected chi connectivity index (χ0v) is 43.4. The number of aliphatic hydroxyl groups excluding tert-OH is 2. The number of carbonyl (C=O) groups excluding carboxylic acids is 3. The van der Waals surface area contributed by atoms with Crippen molar-refractivity contribution in [3.63, 3.8) is 0 Å². The van der Waals surface area contributed by atoms with E-state index in [1.54, 1.807) is 32.6 Å². The van der Waals surface area contributed by atoms with Crippen molar-refractivity contribution in [2.75, 3.05) is 46.4 Å². The van der Waals surface area contributed by atoms with Gasteiger partial charge >= 0.3 is 27.0 Å². The molecule has 18 nitrogen and oxygen atoms in total. The minimum Gasteiger partial charge on any atom is -0.693 e. The number of pyridine rings is 2. The number of hydrogen-bond acceptors (Lipinski definition) is 11. The van der Waals surface area contributed by atoms with E-state index in [0.717, 1.165) is 65.4 Å². The van der Waals surface area contributed by atoms with Gasteiger partial charge in [0.2, 0.25) is 11.8 Å². The molecule has 3 fully saturated rings. The molecule has 1 saturated carbocycles. The van der Waals surface area contributed by atoms with Crippen LogP contribution in [0.5, 0.6) is 5.75 Å². The van der Waals surface area contributed by atoms with Gasteiger partial charge in [-0.15, -0.1) is 19.1 Å². The predicted molar refractivity (Wildman–Crippen MR) is 241 cm³/mol. The Morgan fingerprint density at radius 3 is 2.02 bits per heavy atom. The molecule has 3 aromatic rings. The molecule has 0 spiro atoms. The van der Waals surface area contributed by atoms with Gasteiger partial charge in [-0.1, -0.05) is 52.9 Å². The summed E-state index contributed by atoms with van der Waals surface area (Å²) in [4.78, 5) is 71.9. The largest absolute Gasteiger partial charge is 2.00 e. The van der Waals surface area contributed by atoms with Crippen LogP contribution in [0.15, 0.2) is 41.6 Å². The molecule has 2 saturated heterocycles. The van der Waals surface area contributed by atoms with Gasteiger partial charge in [0.25, 0.3) is 11.5 Å². The minimum atomic E-state index is -1.37. The summed E-state index contributed by atoms with van der Waals surface area (Å²) in [5, 5.41) is 39.4. The topological polar surface area (TPSA) is 280 Å². The Balaban J connectivity index is 0.000000999. The number of fused-ring (bicyclic) bond motifs is 4. The predicted octanol–water partition coefficient (Wildman–Crippen LogP) is 7.29. The first-order chi connectivity index (χ1) is 29.8. The number of amides is 2. The molecule has 0 bridgehead atoms. The fourth-order valence-electron chi connectivity index (χ4n) is 7.87. The van der Waals surface area contributed by atoms with E-state index in [1.807, 2.05) is 33.8 Å². The molecule has 2 aromatic heterocycles. The number of nitrogens with two attached hydrogens (primary N) is 1. The summed E-state index contributed by atoms with van der Waals surface area (Å²) in [5.74, 6) is -1.42.